The Morgan fingerprint density at radius 2 is 1.00 bits per heavy atom. The number of hydrogen-bond donors (Lipinski definition) is 1. The Labute approximate surface area is 166 Å². The quantitative estimate of drug-likeness (QED) is 0.393. The van der Waals surface area contributed by atoms with E-state index in [2.05, 4.69) is 120 Å². The molecule has 0 fully saturated rings. The van der Waals surface area contributed by atoms with Crippen LogP contribution in [0.25, 0.3) is 22.0 Å². The van der Waals surface area contributed by atoms with Gasteiger partial charge in [0.1, 0.15) is 0 Å². The zero-order valence-corrected chi connectivity index (χ0v) is 16.3. The highest BCUT2D eigenvalue weighted by molar-refractivity contribution is 7.79. The Morgan fingerprint density at radius 1 is 0.500 bits per heavy atom. The first kappa shape index (κ1) is 17.0. The van der Waals surface area contributed by atoms with Crippen molar-refractivity contribution in [2.24, 2.45) is 0 Å². The predicted octanol–water partition coefficient (Wildman–Crippen LogP) is 5.59. The van der Waals surface area contributed by atoms with Crippen LogP contribution in [0.5, 0.6) is 0 Å². The fraction of sp³-hybridized carbons (Fsp3) is 0. The van der Waals surface area contributed by atoms with Crippen LogP contribution < -0.4 is 16.0 Å². The zero-order valence-electron chi connectivity index (χ0n) is 15.4. The average molecular weight is 377 g/mol. The van der Waals surface area contributed by atoms with Crippen molar-refractivity contribution >= 4 is 34.9 Å². The zero-order chi connectivity index (χ0) is 18.8. The van der Waals surface area contributed by atoms with E-state index < -0.39 is 7.92 Å². The molecular weight excluding hydrogens is 357 g/mol. The summed E-state index contributed by atoms with van der Waals surface area (Å²) in [6.45, 7) is 0. The highest BCUT2D eigenvalue weighted by atomic mass is 31.1. The standard InChI is InChI=1S/C26H20NP/c1-4-12-20(13-5-1)25-23-18-10-11-19-24(23)27-26(25)28(21-14-6-2-7-15-21)22-16-8-3-9-17-22/h1-19,27H. The van der Waals surface area contributed by atoms with Gasteiger partial charge in [-0.05, 0) is 22.2 Å². The third kappa shape index (κ3) is 3.05. The molecule has 5 rings (SSSR count). The van der Waals surface area contributed by atoms with Crippen molar-refractivity contribution in [1.29, 1.82) is 0 Å². The second-order valence-electron chi connectivity index (χ2n) is 6.77. The summed E-state index contributed by atoms with van der Waals surface area (Å²) in [6, 6.07) is 41.1. The van der Waals surface area contributed by atoms with Crippen LogP contribution in [-0.4, -0.2) is 4.98 Å². The van der Waals surface area contributed by atoms with Crippen LogP contribution in [0, 0.1) is 0 Å². The minimum absolute atomic E-state index is 0.693. The van der Waals surface area contributed by atoms with Crippen LogP contribution in [0.15, 0.2) is 115 Å². The molecule has 28 heavy (non-hydrogen) atoms. The van der Waals surface area contributed by atoms with Gasteiger partial charge in [0.05, 0.1) is 5.44 Å². The van der Waals surface area contributed by atoms with E-state index in [1.165, 1.54) is 38.1 Å². The van der Waals surface area contributed by atoms with Crippen molar-refractivity contribution in [1.82, 2.24) is 4.98 Å². The summed E-state index contributed by atoms with van der Waals surface area (Å²) in [4.78, 5) is 3.79. The monoisotopic (exact) mass is 377 g/mol. The predicted molar refractivity (Wildman–Crippen MR) is 122 cm³/mol. The molecule has 2 heteroatoms. The van der Waals surface area contributed by atoms with Crippen molar-refractivity contribution in [3.8, 4) is 11.1 Å². The molecule has 0 saturated carbocycles. The Bertz CT molecular complexity index is 1160. The summed E-state index contributed by atoms with van der Waals surface area (Å²) in [5, 5.41) is 3.99. The van der Waals surface area contributed by atoms with Crippen LogP contribution in [0.1, 0.15) is 0 Å². The van der Waals surface area contributed by atoms with Crippen molar-refractivity contribution in [3.63, 3.8) is 0 Å². The minimum Gasteiger partial charge on any atom is -0.354 e. The van der Waals surface area contributed by atoms with Gasteiger partial charge in [-0.2, -0.15) is 0 Å². The summed E-state index contributed by atoms with van der Waals surface area (Å²) in [5.41, 5.74) is 5.07. The second kappa shape index (κ2) is 7.46. The van der Waals surface area contributed by atoms with Gasteiger partial charge in [0, 0.05) is 24.4 Å². The van der Waals surface area contributed by atoms with Gasteiger partial charge >= 0.3 is 0 Å². The first-order valence-corrected chi connectivity index (χ1v) is 10.8. The number of aromatic nitrogens is 1. The number of benzene rings is 4. The molecule has 4 aromatic carbocycles. The number of fused-ring (bicyclic) bond motifs is 1. The molecule has 0 radical (unpaired) electrons. The van der Waals surface area contributed by atoms with Gasteiger partial charge in [0.25, 0.3) is 0 Å². The molecule has 0 spiro atoms. The second-order valence-corrected chi connectivity index (χ2v) is 8.92. The fourth-order valence-electron chi connectivity index (χ4n) is 3.75. The van der Waals surface area contributed by atoms with E-state index in [1.54, 1.807) is 0 Å². The van der Waals surface area contributed by atoms with Crippen LogP contribution >= 0.6 is 7.92 Å². The van der Waals surface area contributed by atoms with E-state index in [0.29, 0.717) is 0 Å². The number of para-hydroxylation sites is 1. The van der Waals surface area contributed by atoms with E-state index in [4.69, 9.17) is 0 Å². The Morgan fingerprint density at radius 3 is 1.61 bits per heavy atom. The SMILES string of the molecule is c1ccc(-c2c(P(c3ccccc3)c3ccccc3)[nH]c3ccccc23)cc1. The van der Waals surface area contributed by atoms with E-state index in [0.717, 1.165) is 0 Å². The van der Waals surface area contributed by atoms with Crippen molar-refractivity contribution in [3.05, 3.63) is 115 Å². The van der Waals surface area contributed by atoms with Crippen molar-refractivity contribution in [2.75, 3.05) is 0 Å². The van der Waals surface area contributed by atoms with Gasteiger partial charge in [-0.15, -0.1) is 0 Å². The minimum atomic E-state index is -0.693. The highest BCUT2D eigenvalue weighted by Crippen LogP contribution is 2.39. The van der Waals surface area contributed by atoms with E-state index in [9.17, 15) is 0 Å². The largest absolute Gasteiger partial charge is 0.354 e. The van der Waals surface area contributed by atoms with Gasteiger partial charge in [-0.3, -0.25) is 0 Å². The molecule has 5 aromatic rings. The lowest BCUT2D eigenvalue weighted by Crippen LogP contribution is -2.22. The molecule has 1 heterocycles. The molecule has 0 atom stereocenters. The topological polar surface area (TPSA) is 15.8 Å². The summed E-state index contributed by atoms with van der Waals surface area (Å²) < 4.78 is 0. The van der Waals surface area contributed by atoms with Crippen LogP contribution in [-0.2, 0) is 0 Å². The van der Waals surface area contributed by atoms with Gasteiger partial charge in [0.15, 0.2) is 0 Å². The summed E-state index contributed by atoms with van der Waals surface area (Å²) in [6.07, 6.45) is 0. The summed E-state index contributed by atoms with van der Waals surface area (Å²) >= 11 is 0. The van der Waals surface area contributed by atoms with E-state index in [-0.39, 0.29) is 0 Å². The Balaban J connectivity index is 1.83. The van der Waals surface area contributed by atoms with Crippen LogP contribution in [0.2, 0.25) is 0 Å². The number of aromatic amines is 1. The normalized spacial score (nSPS) is 11.2. The molecule has 1 aromatic heterocycles. The molecule has 1 N–H and O–H groups in total. The number of hydrogen-bond acceptors (Lipinski definition) is 0. The first-order chi connectivity index (χ1) is 13.9. The third-order valence-corrected chi connectivity index (χ3v) is 7.41. The lowest BCUT2D eigenvalue weighted by atomic mass is 10.1. The fourth-order valence-corrected chi connectivity index (χ4v) is 6.21. The van der Waals surface area contributed by atoms with Gasteiger partial charge in [0.2, 0.25) is 0 Å². The summed E-state index contributed by atoms with van der Waals surface area (Å²) in [7, 11) is -0.693. The number of nitrogens with one attached hydrogen (secondary N) is 1. The molecule has 0 bridgehead atoms. The molecule has 0 aliphatic carbocycles. The highest BCUT2D eigenvalue weighted by Gasteiger charge is 2.23. The molecule has 0 aliphatic rings. The van der Waals surface area contributed by atoms with Crippen molar-refractivity contribution < 1.29 is 0 Å². The van der Waals surface area contributed by atoms with Crippen LogP contribution in [0.4, 0.5) is 0 Å². The van der Waals surface area contributed by atoms with E-state index in [1.807, 2.05) is 0 Å². The molecule has 0 saturated heterocycles. The van der Waals surface area contributed by atoms with Crippen LogP contribution in [0.3, 0.4) is 0 Å². The average Bonchev–Trinajstić information content (AvgIpc) is 3.15. The summed E-state index contributed by atoms with van der Waals surface area (Å²) in [5.74, 6) is 0. The molecule has 0 aliphatic heterocycles. The smallest absolute Gasteiger partial charge is 0.0565 e. The molecule has 134 valence electrons. The van der Waals surface area contributed by atoms with E-state index >= 15 is 0 Å². The van der Waals surface area contributed by atoms with Gasteiger partial charge in [-0.1, -0.05) is 109 Å². The maximum Gasteiger partial charge on any atom is 0.0565 e. The Kier molecular flexibility index (Phi) is 4.53. The molecular formula is C26H20NP. The van der Waals surface area contributed by atoms with Crippen molar-refractivity contribution in [2.45, 2.75) is 0 Å². The maximum absolute atomic E-state index is 3.79. The number of H-pyrrole nitrogens is 1. The number of rotatable bonds is 4. The van der Waals surface area contributed by atoms with Gasteiger partial charge in [-0.25, -0.2) is 0 Å². The maximum atomic E-state index is 3.79. The lowest BCUT2D eigenvalue weighted by molar-refractivity contribution is 1.54. The Hall–Kier alpha value is -3.15. The third-order valence-electron chi connectivity index (χ3n) is 5.00. The van der Waals surface area contributed by atoms with Gasteiger partial charge < -0.3 is 4.98 Å². The molecule has 0 unspecified atom stereocenters. The lowest BCUT2D eigenvalue weighted by Gasteiger charge is -2.20. The molecule has 0 amide bonds. The first-order valence-electron chi connectivity index (χ1n) is 9.48. The molecule has 1 nitrogen and oxygen atoms in total.